The Labute approximate surface area is 73.9 Å². The van der Waals surface area contributed by atoms with Crippen molar-refractivity contribution in [3.05, 3.63) is 0 Å². The Balaban J connectivity index is 1.94. The van der Waals surface area contributed by atoms with E-state index in [0.29, 0.717) is 5.78 Å². The van der Waals surface area contributed by atoms with Crippen LogP contribution in [0.4, 0.5) is 0 Å². The smallest absolute Gasteiger partial charge is 0.149 e. The zero-order valence-corrected chi connectivity index (χ0v) is 7.75. The molecular formula is C10H17NO. The van der Waals surface area contributed by atoms with Crippen LogP contribution in [0, 0.1) is 0 Å². The zero-order chi connectivity index (χ0) is 8.55. The van der Waals surface area contributed by atoms with E-state index in [1.54, 1.807) is 0 Å². The van der Waals surface area contributed by atoms with Crippen molar-refractivity contribution in [2.24, 2.45) is 0 Å². The van der Waals surface area contributed by atoms with Gasteiger partial charge in [-0.1, -0.05) is 6.42 Å². The number of hydrogen-bond donors (Lipinski definition) is 0. The first kappa shape index (κ1) is 8.24. The summed E-state index contributed by atoms with van der Waals surface area (Å²) < 4.78 is 0. The molecule has 1 unspecified atom stereocenters. The van der Waals surface area contributed by atoms with Crippen LogP contribution in [0.15, 0.2) is 0 Å². The molecule has 0 radical (unpaired) electrons. The van der Waals surface area contributed by atoms with E-state index in [9.17, 15) is 4.79 Å². The summed E-state index contributed by atoms with van der Waals surface area (Å²) in [5.74, 6) is 0.482. The van der Waals surface area contributed by atoms with Crippen molar-refractivity contribution in [1.29, 1.82) is 0 Å². The molecule has 0 aliphatic heterocycles. The molecule has 0 aromatic rings. The second-order valence-electron chi connectivity index (χ2n) is 4.12. The van der Waals surface area contributed by atoms with Crippen LogP contribution in [0.3, 0.4) is 0 Å². The number of carbonyl (C=O) groups is 1. The van der Waals surface area contributed by atoms with E-state index in [1.165, 1.54) is 19.3 Å². The van der Waals surface area contributed by atoms with Gasteiger partial charge in [-0.05, 0) is 32.7 Å². The lowest BCUT2D eigenvalue weighted by atomic mass is 9.93. The molecule has 2 aliphatic carbocycles. The number of rotatable bonds is 2. The molecule has 1 atom stereocenters. The van der Waals surface area contributed by atoms with E-state index >= 15 is 0 Å². The first-order chi connectivity index (χ1) is 5.79. The lowest BCUT2D eigenvalue weighted by Crippen LogP contribution is -2.41. The van der Waals surface area contributed by atoms with Gasteiger partial charge in [0.25, 0.3) is 0 Å². The number of Topliss-reactive ketones (excluding diaryl/α,β-unsaturated/α-hetero) is 1. The minimum absolute atomic E-state index is 0.270. The normalized spacial score (nSPS) is 31.2. The number of hydrogen-bond acceptors (Lipinski definition) is 2. The van der Waals surface area contributed by atoms with Gasteiger partial charge in [-0.2, -0.15) is 0 Å². The molecule has 0 aromatic carbocycles. The molecule has 12 heavy (non-hydrogen) atoms. The molecule has 0 amide bonds. The maximum absolute atomic E-state index is 11.5. The van der Waals surface area contributed by atoms with Gasteiger partial charge >= 0.3 is 0 Å². The monoisotopic (exact) mass is 167 g/mol. The third-order valence-electron chi connectivity index (χ3n) is 3.14. The first-order valence-corrected chi connectivity index (χ1v) is 5.03. The summed E-state index contributed by atoms with van der Waals surface area (Å²) in [5.41, 5.74) is 0. The number of carbonyl (C=O) groups excluding carboxylic acids is 1. The maximum atomic E-state index is 11.5. The maximum Gasteiger partial charge on any atom is 0.149 e. The van der Waals surface area contributed by atoms with Crippen molar-refractivity contribution >= 4 is 5.78 Å². The largest absolute Gasteiger partial charge is 0.298 e. The standard InChI is InChI=1S/C10H17NO/c1-11(8-6-7-8)9-4-2-3-5-10(9)12/h8-9H,2-7H2,1H3. The van der Waals surface area contributed by atoms with E-state index in [1.807, 2.05) is 0 Å². The van der Waals surface area contributed by atoms with Crippen LogP contribution < -0.4 is 0 Å². The SMILES string of the molecule is CN(C1CC1)C1CCCCC1=O. The lowest BCUT2D eigenvalue weighted by molar-refractivity contribution is -0.125. The molecule has 2 aliphatic rings. The highest BCUT2D eigenvalue weighted by Gasteiger charge is 2.35. The van der Waals surface area contributed by atoms with Crippen LogP contribution in [-0.4, -0.2) is 29.8 Å². The van der Waals surface area contributed by atoms with Crippen molar-refractivity contribution in [2.75, 3.05) is 7.05 Å². The first-order valence-electron chi connectivity index (χ1n) is 5.03. The van der Waals surface area contributed by atoms with E-state index in [2.05, 4.69) is 11.9 Å². The third-order valence-corrected chi connectivity index (χ3v) is 3.14. The van der Waals surface area contributed by atoms with E-state index in [0.717, 1.165) is 25.3 Å². The predicted molar refractivity (Wildman–Crippen MR) is 48.0 cm³/mol. The minimum Gasteiger partial charge on any atom is -0.298 e. The highest BCUT2D eigenvalue weighted by molar-refractivity contribution is 5.84. The van der Waals surface area contributed by atoms with Gasteiger partial charge in [0.1, 0.15) is 5.78 Å². The molecular weight excluding hydrogens is 150 g/mol. The average Bonchev–Trinajstić information content (AvgIpc) is 2.86. The Morgan fingerprint density at radius 2 is 2.00 bits per heavy atom. The van der Waals surface area contributed by atoms with Crippen molar-refractivity contribution in [1.82, 2.24) is 4.90 Å². The summed E-state index contributed by atoms with van der Waals surface area (Å²) in [4.78, 5) is 13.8. The summed E-state index contributed by atoms with van der Waals surface area (Å²) in [6, 6.07) is 1.00. The van der Waals surface area contributed by atoms with Crippen molar-refractivity contribution < 1.29 is 4.79 Å². The molecule has 2 heteroatoms. The molecule has 0 N–H and O–H groups in total. The summed E-state index contributed by atoms with van der Waals surface area (Å²) >= 11 is 0. The summed E-state index contributed by atoms with van der Waals surface area (Å²) in [6.45, 7) is 0. The second kappa shape index (κ2) is 3.17. The van der Waals surface area contributed by atoms with Crippen molar-refractivity contribution in [3.8, 4) is 0 Å². The van der Waals surface area contributed by atoms with Gasteiger partial charge in [-0.25, -0.2) is 0 Å². The van der Waals surface area contributed by atoms with Crippen molar-refractivity contribution in [3.63, 3.8) is 0 Å². The number of likely N-dealkylation sites (N-methyl/N-ethyl adjacent to an activating group) is 1. The van der Waals surface area contributed by atoms with Crippen molar-refractivity contribution in [2.45, 2.75) is 50.6 Å². The van der Waals surface area contributed by atoms with Crippen LogP contribution >= 0.6 is 0 Å². The lowest BCUT2D eigenvalue weighted by Gasteiger charge is -2.29. The summed E-state index contributed by atoms with van der Waals surface area (Å²) in [5, 5.41) is 0. The average molecular weight is 167 g/mol. The van der Waals surface area contributed by atoms with E-state index in [-0.39, 0.29) is 6.04 Å². The summed E-state index contributed by atoms with van der Waals surface area (Å²) in [6.07, 6.45) is 6.90. The third kappa shape index (κ3) is 1.53. The van der Waals surface area contributed by atoms with Crippen LogP contribution in [0.5, 0.6) is 0 Å². The highest BCUT2D eigenvalue weighted by atomic mass is 16.1. The van der Waals surface area contributed by atoms with E-state index in [4.69, 9.17) is 0 Å². The van der Waals surface area contributed by atoms with Crippen LogP contribution in [0.2, 0.25) is 0 Å². The Bertz CT molecular complexity index is 186. The molecule has 0 spiro atoms. The molecule has 0 bridgehead atoms. The topological polar surface area (TPSA) is 20.3 Å². The van der Waals surface area contributed by atoms with Gasteiger partial charge < -0.3 is 0 Å². The van der Waals surface area contributed by atoms with Crippen LogP contribution in [0.25, 0.3) is 0 Å². The fraction of sp³-hybridized carbons (Fsp3) is 0.900. The Hall–Kier alpha value is -0.370. The van der Waals surface area contributed by atoms with Gasteiger partial charge in [0, 0.05) is 12.5 Å². The fourth-order valence-corrected chi connectivity index (χ4v) is 2.13. The Morgan fingerprint density at radius 3 is 2.58 bits per heavy atom. The molecule has 2 nitrogen and oxygen atoms in total. The van der Waals surface area contributed by atoms with Crippen LogP contribution in [-0.2, 0) is 4.79 Å². The predicted octanol–water partition coefficient (Wildman–Crippen LogP) is 1.59. The van der Waals surface area contributed by atoms with E-state index < -0.39 is 0 Å². The molecule has 68 valence electrons. The molecule has 2 fully saturated rings. The molecule has 0 heterocycles. The highest BCUT2D eigenvalue weighted by Crippen LogP contribution is 2.30. The molecule has 2 saturated carbocycles. The van der Waals surface area contributed by atoms with Gasteiger partial charge in [-0.15, -0.1) is 0 Å². The Kier molecular flexibility index (Phi) is 2.18. The second-order valence-corrected chi connectivity index (χ2v) is 4.12. The van der Waals surface area contributed by atoms with Gasteiger partial charge in [0.2, 0.25) is 0 Å². The number of nitrogens with zero attached hydrogens (tertiary/aromatic N) is 1. The molecule has 0 aromatic heterocycles. The number of ketones is 1. The Morgan fingerprint density at radius 1 is 1.25 bits per heavy atom. The van der Waals surface area contributed by atoms with Gasteiger partial charge in [0.15, 0.2) is 0 Å². The minimum atomic E-state index is 0.270. The zero-order valence-electron chi connectivity index (χ0n) is 7.75. The van der Waals surface area contributed by atoms with Crippen LogP contribution in [0.1, 0.15) is 38.5 Å². The fourth-order valence-electron chi connectivity index (χ4n) is 2.13. The summed E-state index contributed by atoms with van der Waals surface area (Å²) in [7, 11) is 2.12. The quantitative estimate of drug-likeness (QED) is 0.622. The van der Waals surface area contributed by atoms with Gasteiger partial charge in [0.05, 0.1) is 6.04 Å². The van der Waals surface area contributed by atoms with Gasteiger partial charge in [-0.3, -0.25) is 9.69 Å². The molecule has 0 saturated heterocycles. The molecule has 2 rings (SSSR count).